The molecule has 0 aliphatic carbocycles. The number of hydrogen-bond acceptors (Lipinski definition) is 6. The van der Waals surface area contributed by atoms with E-state index in [1.807, 2.05) is 0 Å². The zero-order valence-corrected chi connectivity index (χ0v) is 14.8. The Morgan fingerprint density at radius 1 is 1.23 bits per heavy atom. The molecule has 0 saturated carbocycles. The minimum absolute atomic E-state index is 0.227. The molecule has 1 aromatic heterocycles. The molecule has 0 radical (unpaired) electrons. The van der Waals surface area contributed by atoms with Crippen LogP contribution in [0.25, 0.3) is 11.4 Å². The average molecular weight is 379 g/mol. The first-order chi connectivity index (χ1) is 12.6. The van der Waals surface area contributed by atoms with Crippen molar-refractivity contribution < 1.29 is 18.8 Å². The quantitative estimate of drug-likeness (QED) is 0.745. The van der Waals surface area contributed by atoms with Crippen molar-refractivity contribution in [3.63, 3.8) is 0 Å². The van der Waals surface area contributed by atoms with E-state index >= 15 is 0 Å². The van der Waals surface area contributed by atoms with Gasteiger partial charge in [-0.2, -0.15) is 4.98 Å². The van der Waals surface area contributed by atoms with Gasteiger partial charge in [-0.3, -0.25) is 20.4 Å². The molecule has 1 saturated heterocycles. The molecule has 1 atom stereocenters. The summed E-state index contributed by atoms with van der Waals surface area (Å²) in [4.78, 5) is 27.8. The van der Waals surface area contributed by atoms with E-state index in [1.54, 1.807) is 24.3 Å². The molecule has 2 heterocycles. The summed E-state index contributed by atoms with van der Waals surface area (Å²) in [5.74, 6) is 0.324. The number of rotatable bonds is 6. The van der Waals surface area contributed by atoms with E-state index in [0.717, 1.165) is 12.0 Å². The summed E-state index contributed by atoms with van der Waals surface area (Å²) < 4.78 is 10.4. The number of ether oxygens (including phenoxy) is 1. The predicted octanol–water partition coefficient (Wildman–Crippen LogP) is 2.04. The van der Waals surface area contributed by atoms with Crippen molar-refractivity contribution in [1.82, 2.24) is 21.0 Å². The fraction of sp³-hybridized carbons (Fsp3) is 0.412. The summed E-state index contributed by atoms with van der Waals surface area (Å²) in [6.07, 6.45) is 2.27. The summed E-state index contributed by atoms with van der Waals surface area (Å²) in [5.41, 5.74) is 5.57. The lowest BCUT2D eigenvalue weighted by Gasteiger charge is -2.11. The van der Waals surface area contributed by atoms with Gasteiger partial charge in [-0.25, -0.2) is 0 Å². The van der Waals surface area contributed by atoms with Crippen LogP contribution in [0.4, 0.5) is 0 Å². The van der Waals surface area contributed by atoms with E-state index in [1.165, 1.54) is 0 Å². The van der Waals surface area contributed by atoms with Crippen molar-refractivity contribution in [2.45, 2.75) is 38.2 Å². The molecule has 2 amide bonds. The maximum absolute atomic E-state index is 11.8. The number of carbonyl (C=O) groups excluding carboxylic acids is 2. The Morgan fingerprint density at radius 2 is 2.04 bits per heavy atom. The van der Waals surface area contributed by atoms with Crippen molar-refractivity contribution in [1.29, 1.82) is 0 Å². The highest BCUT2D eigenvalue weighted by Crippen LogP contribution is 2.19. The molecular formula is C17H19ClN4O4. The number of aryl methyl sites for hydroxylation is 1. The number of nitrogens with zero attached hydrogens (tertiary/aromatic N) is 2. The summed E-state index contributed by atoms with van der Waals surface area (Å²) in [6, 6.07) is 7.12. The van der Waals surface area contributed by atoms with Gasteiger partial charge in [-0.05, 0) is 43.5 Å². The number of halogens is 1. The number of hydrazine groups is 1. The maximum Gasteiger partial charge on any atom is 0.267 e. The first-order valence-corrected chi connectivity index (χ1v) is 8.78. The minimum Gasteiger partial charge on any atom is -0.368 e. The second-order valence-electron chi connectivity index (χ2n) is 5.91. The van der Waals surface area contributed by atoms with Gasteiger partial charge < -0.3 is 9.26 Å². The van der Waals surface area contributed by atoms with Crippen LogP contribution in [0.15, 0.2) is 28.8 Å². The van der Waals surface area contributed by atoms with Crippen molar-refractivity contribution in [3.05, 3.63) is 35.2 Å². The molecule has 0 spiro atoms. The molecule has 2 N–H and O–H groups in total. The smallest absolute Gasteiger partial charge is 0.267 e. The van der Waals surface area contributed by atoms with Crippen LogP contribution in [0.5, 0.6) is 0 Å². The molecular weight excluding hydrogens is 360 g/mol. The number of amides is 2. The monoisotopic (exact) mass is 378 g/mol. The Balaban J connectivity index is 1.38. The van der Waals surface area contributed by atoms with E-state index in [9.17, 15) is 9.59 Å². The summed E-state index contributed by atoms with van der Waals surface area (Å²) in [5, 5.41) is 4.55. The Bertz CT molecular complexity index is 756. The van der Waals surface area contributed by atoms with Gasteiger partial charge in [0.1, 0.15) is 6.10 Å². The van der Waals surface area contributed by atoms with Gasteiger partial charge in [0, 0.05) is 30.0 Å². The van der Waals surface area contributed by atoms with Crippen LogP contribution < -0.4 is 10.9 Å². The van der Waals surface area contributed by atoms with Gasteiger partial charge in [-0.15, -0.1) is 0 Å². The number of benzene rings is 1. The van der Waals surface area contributed by atoms with Crippen LogP contribution in [0, 0.1) is 0 Å². The third-order valence-corrected chi connectivity index (χ3v) is 4.16. The summed E-state index contributed by atoms with van der Waals surface area (Å²) in [7, 11) is 0. The number of hydrogen-bond donors (Lipinski definition) is 2. The van der Waals surface area contributed by atoms with Gasteiger partial charge in [-0.1, -0.05) is 16.8 Å². The van der Waals surface area contributed by atoms with E-state index in [-0.39, 0.29) is 18.2 Å². The van der Waals surface area contributed by atoms with Crippen LogP contribution in [0.1, 0.15) is 31.6 Å². The lowest BCUT2D eigenvalue weighted by molar-refractivity contribution is -0.134. The molecule has 1 fully saturated rings. The summed E-state index contributed by atoms with van der Waals surface area (Å²) >= 11 is 5.85. The Hall–Kier alpha value is -2.45. The van der Waals surface area contributed by atoms with Gasteiger partial charge in [0.25, 0.3) is 5.91 Å². The van der Waals surface area contributed by atoms with Crippen LogP contribution in [0.2, 0.25) is 5.02 Å². The van der Waals surface area contributed by atoms with Crippen LogP contribution in [-0.2, 0) is 20.7 Å². The first kappa shape index (κ1) is 18.3. The van der Waals surface area contributed by atoms with Gasteiger partial charge in [0.2, 0.25) is 17.6 Å². The van der Waals surface area contributed by atoms with Gasteiger partial charge in [0.15, 0.2) is 0 Å². The molecule has 1 aromatic carbocycles. The number of aromatic nitrogens is 2. The fourth-order valence-electron chi connectivity index (χ4n) is 2.53. The zero-order chi connectivity index (χ0) is 18.4. The number of carbonyl (C=O) groups is 2. The molecule has 2 aromatic rings. The van der Waals surface area contributed by atoms with Crippen LogP contribution in [-0.4, -0.2) is 34.7 Å². The molecule has 1 aliphatic rings. The lowest BCUT2D eigenvalue weighted by atomic mass is 10.2. The van der Waals surface area contributed by atoms with E-state index in [0.29, 0.717) is 42.6 Å². The third-order valence-electron chi connectivity index (χ3n) is 3.91. The average Bonchev–Trinajstić information content (AvgIpc) is 3.32. The highest BCUT2D eigenvalue weighted by atomic mass is 35.5. The SMILES string of the molecule is O=C(CCCc1nc(-c2ccc(Cl)cc2)no1)NNC(=O)C1CCCO1. The van der Waals surface area contributed by atoms with E-state index in [4.69, 9.17) is 20.9 Å². The second kappa shape index (κ2) is 8.77. The number of nitrogens with one attached hydrogen (secondary N) is 2. The predicted molar refractivity (Wildman–Crippen MR) is 92.9 cm³/mol. The highest BCUT2D eigenvalue weighted by molar-refractivity contribution is 6.30. The fourth-order valence-corrected chi connectivity index (χ4v) is 2.66. The molecule has 138 valence electrons. The molecule has 8 nitrogen and oxygen atoms in total. The topological polar surface area (TPSA) is 106 Å². The summed E-state index contributed by atoms with van der Waals surface area (Å²) in [6.45, 7) is 0.578. The van der Waals surface area contributed by atoms with Gasteiger partial charge in [0.05, 0.1) is 0 Å². The standard InChI is InChI=1S/C17H19ClN4O4/c18-12-8-6-11(7-9-12)16-19-15(26-22-16)5-1-4-14(23)20-21-17(24)13-3-2-10-25-13/h6-9,13H,1-5,10H2,(H,20,23)(H,21,24). The van der Waals surface area contributed by atoms with Gasteiger partial charge >= 0.3 is 0 Å². The Morgan fingerprint density at radius 3 is 2.77 bits per heavy atom. The largest absolute Gasteiger partial charge is 0.368 e. The molecule has 0 bridgehead atoms. The molecule has 1 aliphatic heterocycles. The first-order valence-electron chi connectivity index (χ1n) is 8.40. The lowest BCUT2D eigenvalue weighted by Crippen LogP contribution is -2.46. The normalized spacial score (nSPS) is 16.4. The van der Waals surface area contributed by atoms with Crippen LogP contribution in [0.3, 0.4) is 0 Å². The molecule has 1 unspecified atom stereocenters. The maximum atomic E-state index is 11.8. The molecule has 26 heavy (non-hydrogen) atoms. The second-order valence-corrected chi connectivity index (χ2v) is 6.35. The van der Waals surface area contributed by atoms with Crippen molar-refractivity contribution in [2.75, 3.05) is 6.61 Å². The zero-order valence-electron chi connectivity index (χ0n) is 14.0. The Kier molecular flexibility index (Phi) is 6.19. The molecule has 3 rings (SSSR count). The van der Waals surface area contributed by atoms with Crippen molar-refractivity contribution >= 4 is 23.4 Å². The van der Waals surface area contributed by atoms with Crippen molar-refractivity contribution in [3.8, 4) is 11.4 Å². The van der Waals surface area contributed by atoms with Crippen molar-refractivity contribution in [2.24, 2.45) is 0 Å². The Labute approximate surface area is 155 Å². The molecule has 9 heteroatoms. The third kappa shape index (κ3) is 5.03. The highest BCUT2D eigenvalue weighted by Gasteiger charge is 2.23. The van der Waals surface area contributed by atoms with E-state index < -0.39 is 6.10 Å². The van der Waals surface area contributed by atoms with Crippen LogP contribution >= 0.6 is 11.6 Å². The minimum atomic E-state index is -0.472. The van der Waals surface area contributed by atoms with E-state index in [2.05, 4.69) is 21.0 Å².